The Morgan fingerprint density at radius 1 is 1.09 bits per heavy atom. The molecule has 3 rings (SSSR count). The topological polar surface area (TPSA) is 65.8 Å². The highest BCUT2D eigenvalue weighted by Crippen LogP contribution is 2.24. The summed E-state index contributed by atoms with van der Waals surface area (Å²) < 4.78 is 0. The van der Waals surface area contributed by atoms with Gasteiger partial charge in [0, 0.05) is 10.9 Å². The fourth-order valence-electron chi connectivity index (χ4n) is 1.97. The van der Waals surface area contributed by atoms with E-state index in [1.165, 1.54) is 11.3 Å². The number of carbonyl (C=O) groups is 1. The molecule has 3 aromatic rings. The summed E-state index contributed by atoms with van der Waals surface area (Å²) in [5.41, 5.74) is 2.24. The number of hydrogen-bond donors (Lipinski definition) is 1. The number of thiazole rings is 1. The van der Waals surface area contributed by atoms with E-state index in [0.29, 0.717) is 16.9 Å². The average Bonchev–Trinajstić information content (AvgIpc) is 3.06. The van der Waals surface area contributed by atoms with E-state index >= 15 is 0 Å². The number of para-hydroxylation sites is 1. The molecule has 1 aromatic heterocycles. The fraction of sp³-hybridized carbons (Fsp3) is 0. The van der Waals surface area contributed by atoms with Crippen LogP contribution in [0.2, 0.25) is 0 Å². The lowest BCUT2D eigenvalue weighted by molar-refractivity contribution is 0.102. The lowest BCUT2D eigenvalue weighted by atomic mass is 10.2. The van der Waals surface area contributed by atoms with Crippen molar-refractivity contribution in [2.75, 3.05) is 5.32 Å². The first-order chi connectivity index (χ1) is 10.8. The third kappa shape index (κ3) is 2.87. The van der Waals surface area contributed by atoms with Crippen LogP contribution in [0.1, 0.15) is 16.1 Å². The Labute approximate surface area is 131 Å². The van der Waals surface area contributed by atoms with Crippen molar-refractivity contribution in [1.82, 2.24) is 4.98 Å². The number of nitrogens with one attached hydrogen (secondary N) is 1. The molecule has 0 saturated heterocycles. The standard InChI is InChI=1S/C17H11N3OS/c18-10-13-8-4-5-9-14(13)19-16(21)15-11-22-17(20-15)12-6-2-1-3-7-12/h1-9,11H,(H,19,21). The van der Waals surface area contributed by atoms with E-state index in [1.807, 2.05) is 30.3 Å². The van der Waals surface area contributed by atoms with Crippen molar-refractivity contribution < 1.29 is 4.79 Å². The van der Waals surface area contributed by atoms with Gasteiger partial charge < -0.3 is 5.32 Å². The van der Waals surface area contributed by atoms with Crippen molar-refractivity contribution in [3.8, 4) is 16.6 Å². The van der Waals surface area contributed by atoms with Crippen LogP contribution in [0.3, 0.4) is 0 Å². The first kappa shape index (κ1) is 14.0. The minimum atomic E-state index is -0.318. The number of carbonyl (C=O) groups excluding carboxylic acids is 1. The second-order valence-corrected chi connectivity index (χ2v) is 5.37. The van der Waals surface area contributed by atoms with Gasteiger partial charge in [-0.1, -0.05) is 42.5 Å². The number of benzene rings is 2. The van der Waals surface area contributed by atoms with Crippen LogP contribution in [0.25, 0.3) is 10.6 Å². The zero-order valence-corrected chi connectivity index (χ0v) is 12.3. The van der Waals surface area contributed by atoms with Gasteiger partial charge in [-0.3, -0.25) is 4.79 Å². The Bertz CT molecular complexity index is 850. The molecule has 1 heterocycles. The van der Waals surface area contributed by atoms with Gasteiger partial charge in [0.1, 0.15) is 16.8 Å². The number of hydrogen-bond acceptors (Lipinski definition) is 4. The molecule has 106 valence electrons. The second-order valence-electron chi connectivity index (χ2n) is 4.52. The molecule has 0 bridgehead atoms. The molecule has 4 nitrogen and oxygen atoms in total. The third-order valence-corrected chi connectivity index (χ3v) is 3.94. The zero-order valence-electron chi connectivity index (χ0n) is 11.5. The Morgan fingerprint density at radius 2 is 1.82 bits per heavy atom. The van der Waals surface area contributed by atoms with Crippen molar-refractivity contribution in [2.45, 2.75) is 0 Å². The quantitative estimate of drug-likeness (QED) is 0.797. The number of anilines is 1. The molecular weight excluding hydrogens is 294 g/mol. The summed E-state index contributed by atoms with van der Waals surface area (Å²) in [5, 5.41) is 14.3. The molecule has 2 aromatic carbocycles. The van der Waals surface area contributed by atoms with Crippen LogP contribution in [-0.4, -0.2) is 10.9 Å². The van der Waals surface area contributed by atoms with Gasteiger partial charge in [0.25, 0.3) is 5.91 Å². The first-order valence-corrected chi connectivity index (χ1v) is 7.47. The summed E-state index contributed by atoms with van der Waals surface area (Å²) in [6, 6.07) is 18.6. The second kappa shape index (κ2) is 6.20. The van der Waals surface area contributed by atoms with Gasteiger partial charge in [-0.05, 0) is 12.1 Å². The molecule has 0 unspecified atom stereocenters. The molecule has 0 aliphatic rings. The maximum Gasteiger partial charge on any atom is 0.275 e. The number of nitrogens with zero attached hydrogens (tertiary/aromatic N) is 2. The predicted octanol–water partition coefficient (Wildman–Crippen LogP) is 3.93. The highest BCUT2D eigenvalue weighted by molar-refractivity contribution is 7.13. The van der Waals surface area contributed by atoms with Gasteiger partial charge in [-0.25, -0.2) is 4.98 Å². The highest BCUT2D eigenvalue weighted by atomic mass is 32.1. The van der Waals surface area contributed by atoms with Crippen LogP contribution in [0.4, 0.5) is 5.69 Å². The van der Waals surface area contributed by atoms with Crippen molar-refractivity contribution in [3.63, 3.8) is 0 Å². The van der Waals surface area contributed by atoms with E-state index < -0.39 is 0 Å². The van der Waals surface area contributed by atoms with E-state index in [9.17, 15) is 4.79 Å². The first-order valence-electron chi connectivity index (χ1n) is 6.59. The van der Waals surface area contributed by atoms with Crippen molar-refractivity contribution in [1.29, 1.82) is 5.26 Å². The molecule has 0 atom stereocenters. The van der Waals surface area contributed by atoms with Crippen molar-refractivity contribution in [3.05, 3.63) is 71.2 Å². The molecule has 0 fully saturated rings. The SMILES string of the molecule is N#Cc1ccccc1NC(=O)c1csc(-c2ccccc2)n1. The van der Waals surface area contributed by atoms with E-state index in [-0.39, 0.29) is 5.91 Å². The van der Waals surface area contributed by atoms with Gasteiger partial charge in [-0.15, -0.1) is 11.3 Å². The minimum Gasteiger partial charge on any atom is -0.319 e. The minimum absolute atomic E-state index is 0.318. The Kier molecular flexibility index (Phi) is 3.95. The lowest BCUT2D eigenvalue weighted by Gasteiger charge is -2.04. The molecule has 22 heavy (non-hydrogen) atoms. The van der Waals surface area contributed by atoms with Crippen LogP contribution < -0.4 is 5.32 Å². The molecule has 5 heteroatoms. The molecule has 0 aliphatic carbocycles. The smallest absolute Gasteiger partial charge is 0.275 e. The monoisotopic (exact) mass is 305 g/mol. The van der Waals surface area contributed by atoms with E-state index in [2.05, 4.69) is 16.4 Å². The predicted molar refractivity (Wildman–Crippen MR) is 86.7 cm³/mol. The molecule has 0 radical (unpaired) electrons. The van der Waals surface area contributed by atoms with Gasteiger partial charge in [0.15, 0.2) is 0 Å². The Hall–Kier alpha value is -2.97. The number of nitriles is 1. The molecular formula is C17H11N3OS. The molecule has 0 spiro atoms. The summed E-state index contributed by atoms with van der Waals surface area (Å²) in [4.78, 5) is 16.6. The van der Waals surface area contributed by atoms with Crippen LogP contribution >= 0.6 is 11.3 Å². The van der Waals surface area contributed by atoms with Crippen LogP contribution in [0.5, 0.6) is 0 Å². The van der Waals surface area contributed by atoms with Crippen LogP contribution in [0, 0.1) is 11.3 Å². The third-order valence-electron chi connectivity index (χ3n) is 3.05. The summed E-state index contributed by atoms with van der Waals surface area (Å²) in [5.74, 6) is -0.318. The zero-order chi connectivity index (χ0) is 15.4. The molecule has 1 N–H and O–H groups in total. The normalized spacial score (nSPS) is 9.95. The largest absolute Gasteiger partial charge is 0.319 e. The van der Waals surface area contributed by atoms with Crippen molar-refractivity contribution in [2.24, 2.45) is 0 Å². The Balaban J connectivity index is 1.82. The molecule has 1 amide bonds. The summed E-state index contributed by atoms with van der Waals surface area (Å²) in [6.45, 7) is 0. The van der Waals surface area contributed by atoms with Crippen molar-refractivity contribution >= 4 is 22.9 Å². The highest BCUT2D eigenvalue weighted by Gasteiger charge is 2.13. The number of aromatic nitrogens is 1. The van der Waals surface area contributed by atoms with Crippen LogP contribution in [-0.2, 0) is 0 Å². The number of amides is 1. The summed E-state index contributed by atoms with van der Waals surface area (Å²) >= 11 is 1.41. The number of rotatable bonds is 3. The van der Waals surface area contributed by atoms with Gasteiger partial charge in [0.05, 0.1) is 11.3 Å². The summed E-state index contributed by atoms with van der Waals surface area (Å²) in [7, 11) is 0. The fourth-order valence-corrected chi connectivity index (χ4v) is 2.77. The van der Waals surface area contributed by atoms with E-state index in [4.69, 9.17) is 5.26 Å². The van der Waals surface area contributed by atoms with E-state index in [0.717, 1.165) is 10.6 Å². The summed E-state index contributed by atoms with van der Waals surface area (Å²) in [6.07, 6.45) is 0. The van der Waals surface area contributed by atoms with Crippen LogP contribution in [0.15, 0.2) is 60.0 Å². The van der Waals surface area contributed by atoms with E-state index in [1.54, 1.807) is 29.6 Å². The lowest BCUT2D eigenvalue weighted by Crippen LogP contribution is -2.13. The average molecular weight is 305 g/mol. The van der Waals surface area contributed by atoms with Gasteiger partial charge in [0.2, 0.25) is 0 Å². The molecule has 0 saturated carbocycles. The molecule has 0 aliphatic heterocycles. The maximum absolute atomic E-state index is 12.3. The Morgan fingerprint density at radius 3 is 2.59 bits per heavy atom. The maximum atomic E-state index is 12.3. The van der Waals surface area contributed by atoms with Gasteiger partial charge >= 0.3 is 0 Å². The van der Waals surface area contributed by atoms with Gasteiger partial charge in [-0.2, -0.15) is 5.26 Å².